The van der Waals surface area contributed by atoms with Crippen LogP contribution in [-0.4, -0.2) is 63.8 Å². The molecule has 0 spiro atoms. The largest absolute Gasteiger partial charge is 0.447 e. The van der Waals surface area contributed by atoms with Crippen molar-refractivity contribution in [2.75, 3.05) is 43.9 Å². The molecule has 2 amide bonds. The number of anilines is 1. The van der Waals surface area contributed by atoms with Gasteiger partial charge in [-0.2, -0.15) is 0 Å². The van der Waals surface area contributed by atoms with E-state index in [1.54, 1.807) is 31.2 Å². The fourth-order valence-electron chi connectivity index (χ4n) is 2.54. The lowest BCUT2D eigenvalue weighted by Crippen LogP contribution is -2.33. The Hall–Kier alpha value is -2.13. The van der Waals surface area contributed by atoms with Crippen LogP contribution in [0.15, 0.2) is 24.3 Å². The average molecular weight is 369 g/mol. The summed E-state index contributed by atoms with van der Waals surface area (Å²) in [6.07, 6.45) is 1.32. The van der Waals surface area contributed by atoms with Crippen LogP contribution >= 0.6 is 0 Å². The van der Waals surface area contributed by atoms with E-state index in [1.807, 2.05) is 0 Å². The lowest BCUT2D eigenvalue weighted by molar-refractivity contribution is 0.0952. The molecule has 1 heterocycles. The molecule has 138 valence electrons. The number of amides is 2. The quantitative estimate of drug-likeness (QED) is 0.691. The first-order chi connectivity index (χ1) is 11.8. The molecule has 1 fully saturated rings. The number of rotatable bonds is 8. The highest BCUT2D eigenvalue weighted by molar-refractivity contribution is 7.88. The van der Waals surface area contributed by atoms with Crippen molar-refractivity contribution >= 4 is 27.7 Å². The molecule has 1 aliphatic heterocycles. The first-order valence-electron chi connectivity index (χ1n) is 8.10. The van der Waals surface area contributed by atoms with Crippen LogP contribution < -0.4 is 10.2 Å². The van der Waals surface area contributed by atoms with Crippen LogP contribution in [0.3, 0.4) is 0 Å². The molecule has 1 aromatic rings. The van der Waals surface area contributed by atoms with Gasteiger partial charge in [0.2, 0.25) is 10.0 Å². The van der Waals surface area contributed by atoms with Gasteiger partial charge < -0.3 is 10.1 Å². The van der Waals surface area contributed by atoms with E-state index in [1.165, 1.54) is 15.5 Å². The summed E-state index contributed by atoms with van der Waals surface area (Å²) >= 11 is 0. The van der Waals surface area contributed by atoms with Gasteiger partial charge >= 0.3 is 6.09 Å². The number of hydrogen-bond donors (Lipinski definition) is 1. The fourth-order valence-corrected chi connectivity index (χ4v) is 3.47. The van der Waals surface area contributed by atoms with Crippen molar-refractivity contribution in [3.05, 3.63) is 29.8 Å². The maximum Gasteiger partial charge on any atom is 0.414 e. The van der Waals surface area contributed by atoms with Crippen molar-refractivity contribution in [3.63, 3.8) is 0 Å². The third-order valence-electron chi connectivity index (χ3n) is 3.89. The molecule has 25 heavy (non-hydrogen) atoms. The van der Waals surface area contributed by atoms with Gasteiger partial charge in [-0.1, -0.05) is 6.92 Å². The lowest BCUT2D eigenvalue weighted by atomic mass is 10.2. The summed E-state index contributed by atoms with van der Waals surface area (Å²) in [6, 6.07) is 6.68. The number of nitrogens with zero attached hydrogens (tertiary/aromatic N) is 2. The van der Waals surface area contributed by atoms with Gasteiger partial charge in [0.05, 0.1) is 12.8 Å². The van der Waals surface area contributed by atoms with Crippen LogP contribution in [-0.2, 0) is 14.8 Å². The number of hydrogen-bond acceptors (Lipinski definition) is 5. The normalized spacial score (nSPS) is 14.7. The van der Waals surface area contributed by atoms with E-state index in [-0.39, 0.29) is 12.0 Å². The summed E-state index contributed by atoms with van der Waals surface area (Å²) in [5, 5.41) is 2.76. The first kappa shape index (κ1) is 19.2. The molecule has 0 atom stereocenters. The Morgan fingerprint density at radius 3 is 2.52 bits per heavy atom. The zero-order chi connectivity index (χ0) is 18.4. The van der Waals surface area contributed by atoms with E-state index < -0.39 is 10.0 Å². The van der Waals surface area contributed by atoms with E-state index in [9.17, 15) is 18.0 Å². The van der Waals surface area contributed by atoms with E-state index in [0.29, 0.717) is 50.5 Å². The second kappa shape index (κ2) is 8.30. The number of cyclic esters (lactones) is 1. The van der Waals surface area contributed by atoms with Crippen LogP contribution in [0.2, 0.25) is 0 Å². The van der Waals surface area contributed by atoms with Crippen molar-refractivity contribution in [2.24, 2.45) is 0 Å². The number of sulfonamides is 1. The van der Waals surface area contributed by atoms with Crippen LogP contribution in [0.5, 0.6) is 0 Å². The van der Waals surface area contributed by atoms with Gasteiger partial charge in [0, 0.05) is 30.9 Å². The molecular formula is C16H23N3O5S. The molecule has 1 saturated heterocycles. The van der Waals surface area contributed by atoms with Crippen molar-refractivity contribution in [1.29, 1.82) is 0 Å². The molecular weight excluding hydrogens is 346 g/mol. The molecule has 1 N–H and O–H groups in total. The van der Waals surface area contributed by atoms with Gasteiger partial charge in [-0.3, -0.25) is 9.69 Å². The summed E-state index contributed by atoms with van der Waals surface area (Å²) in [5.41, 5.74) is 1.16. The first-order valence-corrected chi connectivity index (χ1v) is 9.95. The topological polar surface area (TPSA) is 96.0 Å². The third kappa shape index (κ3) is 5.17. The third-order valence-corrected chi connectivity index (χ3v) is 5.27. The summed E-state index contributed by atoms with van der Waals surface area (Å²) < 4.78 is 29.2. The van der Waals surface area contributed by atoms with Gasteiger partial charge in [0.15, 0.2) is 0 Å². The predicted octanol–water partition coefficient (Wildman–Crippen LogP) is 1.04. The van der Waals surface area contributed by atoms with Gasteiger partial charge in [-0.05, 0) is 30.7 Å². The Labute approximate surface area is 147 Å². The van der Waals surface area contributed by atoms with Gasteiger partial charge in [-0.25, -0.2) is 17.5 Å². The monoisotopic (exact) mass is 369 g/mol. The highest BCUT2D eigenvalue weighted by Gasteiger charge is 2.23. The SMILES string of the molecule is CCN(CCCNC(=O)c1ccc(N2CCOC2=O)cc1)S(C)(=O)=O. The minimum Gasteiger partial charge on any atom is -0.447 e. The van der Waals surface area contributed by atoms with E-state index >= 15 is 0 Å². The minimum absolute atomic E-state index is 0.238. The van der Waals surface area contributed by atoms with Gasteiger partial charge in [0.25, 0.3) is 5.91 Å². The molecule has 0 aliphatic carbocycles. The second-order valence-electron chi connectivity index (χ2n) is 5.68. The van der Waals surface area contributed by atoms with Gasteiger partial charge in [0.1, 0.15) is 6.61 Å². The zero-order valence-corrected chi connectivity index (χ0v) is 15.2. The maximum absolute atomic E-state index is 12.1. The molecule has 1 aliphatic rings. The van der Waals surface area contributed by atoms with Crippen LogP contribution in [0, 0.1) is 0 Å². The fraction of sp³-hybridized carbons (Fsp3) is 0.500. The molecule has 0 aromatic heterocycles. The van der Waals surface area contributed by atoms with Crippen LogP contribution in [0.1, 0.15) is 23.7 Å². The Morgan fingerprint density at radius 2 is 2.00 bits per heavy atom. The molecule has 2 rings (SSSR count). The lowest BCUT2D eigenvalue weighted by Gasteiger charge is -2.17. The smallest absolute Gasteiger partial charge is 0.414 e. The van der Waals surface area contributed by atoms with E-state index in [0.717, 1.165) is 0 Å². The molecule has 8 nitrogen and oxygen atoms in total. The summed E-state index contributed by atoms with van der Waals surface area (Å²) in [6.45, 7) is 3.79. The van der Waals surface area contributed by atoms with E-state index in [4.69, 9.17) is 4.74 Å². The Morgan fingerprint density at radius 1 is 1.32 bits per heavy atom. The van der Waals surface area contributed by atoms with Crippen molar-refractivity contribution in [1.82, 2.24) is 9.62 Å². The van der Waals surface area contributed by atoms with Crippen LogP contribution in [0.4, 0.5) is 10.5 Å². The van der Waals surface area contributed by atoms with E-state index in [2.05, 4.69) is 5.32 Å². The summed E-state index contributed by atoms with van der Waals surface area (Å²) in [4.78, 5) is 25.1. The van der Waals surface area contributed by atoms with Gasteiger partial charge in [-0.15, -0.1) is 0 Å². The molecule has 0 radical (unpaired) electrons. The molecule has 1 aromatic carbocycles. The van der Waals surface area contributed by atoms with Crippen molar-refractivity contribution in [2.45, 2.75) is 13.3 Å². The van der Waals surface area contributed by atoms with Crippen LogP contribution in [0.25, 0.3) is 0 Å². The number of carbonyl (C=O) groups excluding carboxylic acids is 2. The summed E-state index contributed by atoms with van der Waals surface area (Å²) in [7, 11) is -3.21. The Balaban J connectivity index is 1.82. The average Bonchev–Trinajstić information content (AvgIpc) is 2.99. The second-order valence-corrected chi connectivity index (χ2v) is 7.66. The zero-order valence-electron chi connectivity index (χ0n) is 14.4. The van der Waals surface area contributed by atoms with Crippen molar-refractivity contribution < 1.29 is 22.7 Å². The standard InChI is InChI=1S/C16H23N3O5S/c1-3-18(25(2,22)23)10-4-9-17-15(20)13-5-7-14(8-6-13)19-11-12-24-16(19)21/h5-8H,3-4,9-12H2,1-2H3,(H,17,20). The highest BCUT2D eigenvalue weighted by atomic mass is 32.2. The molecule has 0 saturated carbocycles. The number of benzene rings is 1. The summed E-state index contributed by atoms with van der Waals surface area (Å²) in [5.74, 6) is -0.238. The Kier molecular flexibility index (Phi) is 6.38. The predicted molar refractivity (Wildman–Crippen MR) is 94.2 cm³/mol. The molecule has 0 unspecified atom stereocenters. The molecule has 0 bridgehead atoms. The Bertz CT molecular complexity index is 718. The number of carbonyl (C=O) groups is 2. The minimum atomic E-state index is -3.21. The highest BCUT2D eigenvalue weighted by Crippen LogP contribution is 2.19. The molecule has 9 heteroatoms. The maximum atomic E-state index is 12.1. The number of nitrogens with one attached hydrogen (secondary N) is 1. The number of ether oxygens (including phenoxy) is 1. The van der Waals surface area contributed by atoms with Crippen molar-refractivity contribution in [3.8, 4) is 0 Å².